The maximum atomic E-state index is 11.0. The predicted octanol–water partition coefficient (Wildman–Crippen LogP) is 3.51. The van der Waals surface area contributed by atoms with E-state index in [2.05, 4.69) is 20.9 Å². The molecule has 3 N–H and O–H groups in total. The molecule has 0 aliphatic carbocycles. The Kier molecular flexibility index (Phi) is 3.37. The molecule has 0 aliphatic heterocycles. The number of carbonyl (C=O) groups is 1. The summed E-state index contributed by atoms with van der Waals surface area (Å²) in [5.74, 6) is -1.10. The van der Waals surface area contributed by atoms with Gasteiger partial charge in [0, 0.05) is 15.1 Å². The Bertz CT molecular complexity index is 600. The highest BCUT2D eigenvalue weighted by Crippen LogP contribution is 2.37. The molecule has 1 aromatic carbocycles. The van der Waals surface area contributed by atoms with Crippen molar-refractivity contribution in [3.8, 4) is 10.4 Å². The molecule has 4 nitrogen and oxygen atoms in total. The van der Waals surface area contributed by atoms with E-state index in [0.717, 1.165) is 11.3 Å². The highest BCUT2D eigenvalue weighted by molar-refractivity contribution is 9.10. The summed E-state index contributed by atoms with van der Waals surface area (Å²) in [6, 6.07) is 5.10. The fourth-order valence-electron chi connectivity index (χ4n) is 1.34. The van der Waals surface area contributed by atoms with Crippen LogP contribution in [0.25, 0.3) is 10.4 Å². The van der Waals surface area contributed by atoms with Gasteiger partial charge in [0.2, 0.25) is 0 Å². The van der Waals surface area contributed by atoms with Crippen LogP contribution < -0.4 is 5.73 Å². The molecule has 0 bridgehead atoms. The summed E-state index contributed by atoms with van der Waals surface area (Å²) in [5.41, 5.74) is 6.20. The van der Waals surface area contributed by atoms with E-state index in [0.29, 0.717) is 19.9 Å². The summed E-state index contributed by atoms with van der Waals surface area (Å²) in [5, 5.41) is 9.82. The Labute approximate surface area is 114 Å². The van der Waals surface area contributed by atoms with E-state index < -0.39 is 5.97 Å². The van der Waals surface area contributed by atoms with Crippen molar-refractivity contribution in [2.45, 2.75) is 0 Å². The van der Waals surface area contributed by atoms with E-state index in [1.165, 1.54) is 0 Å². The van der Waals surface area contributed by atoms with E-state index in [1.54, 1.807) is 18.2 Å². The van der Waals surface area contributed by atoms with Crippen molar-refractivity contribution < 1.29 is 9.90 Å². The lowest BCUT2D eigenvalue weighted by Crippen LogP contribution is -1.99. The predicted molar refractivity (Wildman–Crippen MR) is 71.6 cm³/mol. The number of halogens is 2. The Morgan fingerprint density at radius 2 is 2.24 bits per heavy atom. The smallest absolute Gasteiger partial charge is 0.356 e. The third-order valence-corrected chi connectivity index (χ3v) is 3.83. The van der Waals surface area contributed by atoms with Crippen LogP contribution in [0.4, 0.5) is 5.13 Å². The van der Waals surface area contributed by atoms with E-state index in [-0.39, 0.29) is 10.8 Å². The van der Waals surface area contributed by atoms with Gasteiger partial charge in [-0.15, -0.1) is 0 Å². The van der Waals surface area contributed by atoms with Crippen LogP contribution in [-0.4, -0.2) is 16.1 Å². The van der Waals surface area contributed by atoms with Gasteiger partial charge in [-0.25, -0.2) is 9.78 Å². The third kappa shape index (κ3) is 2.43. The molecule has 0 aliphatic rings. The van der Waals surface area contributed by atoms with Crippen molar-refractivity contribution in [3.63, 3.8) is 0 Å². The Morgan fingerprint density at radius 3 is 2.82 bits per heavy atom. The number of rotatable bonds is 2. The molecule has 0 saturated carbocycles. The molecule has 0 unspecified atom stereocenters. The van der Waals surface area contributed by atoms with Crippen LogP contribution in [0.3, 0.4) is 0 Å². The first kappa shape index (κ1) is 12.3. The van der Waals surface area contributed by atoms with Gasteiger partial charge in [-0.1, -0.05) is 44.9 Å². The standard InChI is InChI=1S/C10H6BrClN2O2S/c11-6-3-4(12)1-2-5(6)8-7(9(15)16)14-10(13)17-8/h1-3H,(H2,13,14)(H,15,16). The molecule has 1 heterocycles. The monoisotopic (exact) mass is 332 g/mol. The lowest BCUT2D eigenvalue weighted by Gasteiger charge is -2.02. The minimum Gasteiger partial charge on any atom is -0.476 e. The number of aromatic nitrogens is 1. The van der Waals surface area contributed by atoms with Crippen molar-refractivity contribution in [3.05, 3.63) is 33.4 Å². The molecule has 0 atom stereocenters. The Morgan fingerprint density at radius 1 is 1.53 bits per heavy atom. The number of hydrogen-bond donors (Lipinski definition) is 2. The zero-order valence-electron chi connectivity index (χ0n) is 8.28. The van der Waals surface area contributed by atoms with Crippen LogP contribution in [0.15, 0.2) is 22.7 Å². The largest absolute Gasteiger partial charge is 0.476 e. The molecule has 88 valence electrons. The molecule has 7 heteroatoms. The number of benzene rings is 1. The van der Waals surface area contributed by atoms with Crippen LogP contribution >= 0.6 is 38.9 Å². The van der Waals surface area contributed by atoms with Gasteiger partial charge in [-0.2, -0.15) is 0 Å². The molecule has 2 rings (SSSR count). The second kappa shape index (κ2) is 4.64. The van der Waals surface area contributed by atoms with Crippen molar-refractivity contribution in [1.82, 2.24) is 4.98 Å². The van der Waals surface area contributed by atoms with Gasteiger partial charge in [0.25, 0.3) is 0 Å². The molecule has 1 aromatic heterocycles. The summed E-state index contributed by atoms with van der Waals surface area (Å²) in [6.45, 7) is 0. The molecular weight excluding hydrogens is 328 g/mol. The lowest BCUT2D eigenvalue weighted by atomic mass is 10.1. The number of hydrogen-bond acceptors (Lipinski definition) is 4. The number of nitrogen functional groups attached to an aromatic ring is 1. The molecule has 0 spiro atoms. The summed E-state index contributed by atoms with van der Waals surface area (Å²) in [6.07, 6.45) is 0. The number of nitrogens with zero attached hydrogens (tertiary/aromatic N) is 1. The maximum Gasteiger partial charge on any atom is 0.356 e. The molecular formula is C10H6BrClN2O2S. The number of carboxylic acid groups (broad SMARTS) is 1. The van der Waals surface area contributed by atoms with Crippen LogP contribution in [0.5, 0.6) is 0 Å². The highest BCUT2D eigenvalue weighted by Gasteiger charge is 2.19. The van der Waals surface area contributed by atoms with Gasteiger partial charge in [0.15, 0.2) is 10.8 Å². The second-order valence-corrected chi connectivity index (χ2v) is 5.48. The van der Waals surface area contributed by atoms with Gasteiger partial charge in [0.05, 0.1) is 4.88 Å². The minimum absolute atomic E-state index is 0.0458. The van der Waals surface area contributed by atoms with Gasteiger partial charge in [0.1, 0.15) is 0 Å². The van der Waals surface area contributed by atoms with Crippen LogP contribution in [0.1, 0.15) is 10.5 Å². The topological polar surface area (TPSA) is 76.2 Å². The number of carboxylic acids is 1. The number of aromatic carboxylic acids is 1. The first-order valence-electron chi connectivity index (χ1n) is 4.44. The first-order valence-corrected chi connectivity index (χ1v) is 6.43. The summed E-state index contributed by atoms with van der Waals surface area (Å²) in [7, 11) is 0. The number of nitrogens with two attached hydrogens (primary N) is 1. The van der Waals surface area contributed by atoms with Crippen LogP contribution in [0, 0.1) is 0 Å². The van der Waals surface area contributed by atoms with Crippen molar-refractivity contribution >= 4 is 50.0 Å². The number of anilines is 1. The Hall–Kier alpha value is -1.11. The molecule has 2 aromatic rings. The molecule has 0 saturated heterocycles. The van der Waals surface area contributed by atoms with E-state index in [4.69, 9.17) is 22.4 Å². The van der Waals surface area contributed by atoms with Gasteiger partial charge in [-0.3, -0.25) is 0 Å². The average Bonchev–Trinajstić information content (AvgIpc) is 2.60. The zero-order chi connectivity index (χ0) is 12.6. The lowest BCUT2D eigenvalue weighted by molar-refractivity contribution is 0.0692. The summed E-state index contributed by atoms with van der Waals surface area (Å²) < 4.78 is 0.705. The van der Waals surface area contributed by atoms with Gasteiger partial charge < -0.3 is 10.8 Å². The normalized spacial score (nSPS) is 10.5. The molecule has 17 heavy (non-hydrogen) atoms. The quantitative estimate of drug-likeness (QED) is 0.882. The molecule has 0 amide bonds. The minimum atomic E-state index is -1.10. The van der Waals surface area contributed by atoms with E-state index >= 15 is 0 Å². The van der Waals surface area contributed by atoms with Crippen LogP contribution in [-0.2, 0) is 0 Å². The zero-order valence-corrected chi connectivity index (χ0v) is 11.4. The van der Waals surface area contributed by atoms with Crippen molar-refractivity contribution in [2.75, 3.05) is 5.73 Å². The SMILES string of the molecule is Nc1nc(C(=O)O)c(-c2ccc(Cl)cc2Br)s1. The van der Waals surface area contributed by atoms with E-state index in [1.807, 2.05) is 0 Å². The average molecular weight is 334 g/mol. The molecule has 0 radical (unpaired) electrons. The van der Waals surface area contributed by atoms with Crippen LogP contribution in [0.2, 0.25) is 5.02 Å². The fourth-order valence-corrected chi connectivity index (χ4v) is 3.21. The summed E-state index contributed by atoms with van der Waals surface area (Å²) in [4.78, 5) is 15.3. The van der Waals surface area contributed by atoms with E-state index in [9.17, 15) is 4.79 Å². The fraction of sp³-hybridized carbons (Fsp3) is 0. The second-order valence-electron chi connectivity index (χ2n) is 3.16. The number of thiazole rings is 1. The van der Waals surface area contributed by atoms with Gasteiger partial charge >= 0.3 is 5.97 Å². The first-order chi connectivity index (χ1) is 7.99. The molecule has 0 fully saturated rings. The highest BCUT2D eigenvalue weighted by atomic mass is 79.9. The third-order valence-electron chi connectivity index (χ3n) is 2.02. The Balaban J connectivity index is 2.63. The maximum absolute atomic E-state index is 11.0. The van der Waals surface area contributed by atoms with Crippen molar-refractivity contribution in [2.24, 2.45) is 0 Å². The summed E-state index contributed by atoms with van der Waals surface area (Å²) >= 11 is 10.3. The van der Waals surface area contributed by atoms with Gasteiger partial charge in [-0.05, 0) is 12.1 Å². The van der Waals surface area contributed by atoms with Crippen molar-refractivity contribution in [1.29, 1.82) is 0 Å².